The molecule has 0 heterocycles. The maximum atomic E-state index is 5.71. The van der Waals surface area contributed by atoms with Gasteiger partial charge in [0.25, 0.3) is 5.17 Å². The Morgan fingerprint density at radius 2 is 1.76 bits per heavy atom. The molecule has 1 aromatic rings. The van der Waals surface area contributed by atoms with Gasteiger partial charge in [0.15, 0.2) is 0 Å². The second kappa shape index (κ2) is 9.45. The van der Waals surface area contributed by atoms with Gasteiger partial charge in [-0.15, -0.1) is 0 Å². The predicted molar refractivity (Wildman–Crippen MR) is 89.2 cm³/mol. The highest BCUT2D eigenvalue weighted by atomic mass is 32.1. The van der Waals surface area contributed by atoms with Gasteiger partial charge in [0, 0.05) is 13.6 Å². The van der Waals surface area contributed by atoms with Gasteiger partial charge in [-0.3, -0.25) is 0 Å². The van der Waals surface area contributed by atoms with E-state index in [1.165, 1.54) is 0 Å². The summed E-state index contributed by atoms with van der Waals surface area (Å²) in [7, 11) is 1.90. The Morgan fingerprint density at radius 1 is 1.14 bits per heavy atom. The van der Waals surface area contributed by atoms with Crippen molar-refractivity contribution in [3.05, 3.63) is 24.3 Å². The van der Waals surface area contributed by atoms with Crippen molar-refractivity contribution in [3.63, 3.8) is 0 Å². The number of ether oxygens (including phenoxy) is 3. The second-order valence-corrected chi connectivity index (χ2v) is 5.13. The van der Waals surface area contributed by atoms with Crippen molar-refractivity contribution in [2.24, 2.45) is 0 Å². The molecule has 0 radical (unpaired) electrons. The van der Waals surface area contributed by atoms with Gasteiger partial charge in [0.05, 0.1) is 6.10 Å². The molecule has 1 rings (SSSR count). The fourth-order valence-corrected chi connectivity index (χ4v) is 1.67. The standard InChI is InChI=1S/C16H25NO3S/c1-5-13(3)20-15-9-7-14(8-10-15)18-11-12-19-16(21)17(4)6-2/h7-10,13H,5-6,11-12H2,1-4H3. The normalized spacial score (nSPS) is 11.6. The minimum atomic E-state index is 0.224. The summed E-state index contributed by atoms with van der Waals surface area (Å²) in [5.41, 5.74) is 0. The van der Waals surface area contributed by atoms with Gasteiger partial charge in [0.2, 0.25) is 0 Å². The van der Waals surface area contributed by atoms with Gasteiger partial charge in [-0.1, -0.05) is 6.92 Å². The van der Waals surface area contributed by atoms with Crippen LogP contribution in [-0.2, 0) is 4.74 Å². The van der Waals surface area contributed by atoms with E-state index in [-0.39, 0.29) is 6.10 Å². The first-order valence-corrected chi connectivity index (χ1v) is 7.75. The number of hydrogen-bond acceptors (Lipinski definition) is 4. The van der Waals surface area contributed by atoms with E-state index >= 15 is 0 Å². The SMILES string of the molecule is CCC(C)Oc1ccc(OCCOC(=S)N(C)CC)cc1. The van der Waals surface area contributed by atoms with Crippen molar-refractivity contribution in [1.29, 1.82) is 0 Å². The molecule has 0 fully saturated rings. The average Bonchev–Trinajstić information content (AvgIpc) is 2.51. The lowest BCUT2D eigenvalue weighted by Gasteiger charge is -2.17. The van der Waals surface area contributed by atoms with Gasteiger partial charge >= 0.3 is 0 Å². The molecule has 0 spiro atoms. The molecule has 0 saturated carbocycles. The van der Waals surface area contributed by atoms with E-state index in [1.54, 1.807) is 0 Å². The van der Waals surface area contributed by atoms with Crippen LogP contribution in [0.15, 0.2) is 24.3 Å². The van der Waals surface area contributed by atoms with Crippen molar-refractivity contribution < 1.29 is 14.2 Å². The summed E-state index contributed by atoms with van der Waals surface area (Å²) < 4.78 is 16.7. The van der Waals surface area contributed by atoms with E-state index < -0.39 is 0 Å². The Kier molecular flexibility index (Phi) is 7.90. The first-order valence-electron chi connectivity index (χ1n) is 7.34. The first kappa shape index (κ1) is 17.6. The molecule has 0 aliphatic heterocycles. The largest absolute Gasteiger partial charge is 0.491 e. The summed E-state index contributed by atoms with van der Waals surface area (Å²) in [6.45, 7) is 7.91. The Bertz CT molecular complexity index is 422. The third-order valence-electron chi connectivity index (χ3n) is 3.10. The van der Waals surface area contributed by atoms with E-state index in [4.69, 9.17) is 26.4 Å². The molecule has 0 aliphatic rings. The topological polar surface area (TPSA) is 30.9 Å². The van der Waals surface area contributed by atoms with E-state index in [1.807, 2.05) is 43.1 Å². The van der Waals surface area contributed by atoms with Crippen molar-refractivity contribution >= 4 is 17.4 Å². The first-order chi connectivity index (χ1) is 10.1. The molecular weight excluding hydrogens is 286 g/mol. The third-order valence-corrected chi connectivity index (χ3v) is 3.53. The molecule has 0 aliphatic carbocycles. The molecule has 0 N–H and O–H groups in total. The Balaban J connectivity index is 2.28. The summed E-state index contributed by atoms with van der Waals surface area (Å²) in [6.07, 6.45) is 1.21. The molecule has 1 atom stereocenters. The van der Waals surface area contributed by atoms with Gasteiger partial charge in [0.1, 0.15) is 24.7 Å². The summed E-state index contributed by atoms with van der Waals surface area (Å²) in [5, 5.41) is 0.499. The monoisotopic (exact) mass is 311 g/mol. The average molecular weight is 311 g/mol. The lowest BCUT2D eigenvalue weighted by atomic mass is 10.3. The number of hydrogen-bond donors (Lipinski definition) is 0. The molecule has 0 bridgehead atoms. The van der Waals surface area contributed by atoms with Crippen LogP contribution in [-0.4, -0.2) is 43.0 Å². The summed E-state index contributed by atoms with van der Waals surface area (Å²) in [4.78, 5) is 1.87. The molecule has 0 amide bonds. The van der Waals surface area contributed by atoms with Gasteiger partial charge in [-0.25, -0.2) is 0 Å². The lowest BCUT2D eigenvalue weighted by molar-refractivity contribution is 0.190. The highest BCUT2D eigenvalue weighted by Gasteiger charge is 2.03. The van der Waals surface area contributed by atoms with Crippen LogP contribution in [0.1, 0.15) is 27.2 Å². The van der Waals surface area contributed by atoms with Crippen LogP contribution in [0.3, 0.4) is 0 Å². The molecule has 118 valence electrons. The molecule has 5 heteroatoms. The minimum absolute atomic E-state index is 0.224. The van der Waals surface area contributed by atoms with Crippen molar-refractivity contribution in [1.82, 2.24) is 4.90 Å². The van der Waals surface area contributed by atoms with E-state index in [0.717, 1.165) is 24.5 Å². The summed E-state index contributed by atoms with van der Waals surface area (Å²) >= 11 is 5.11. The summed E-state index contributed by atoms with van der Waals surface area (Å²) in [6, 6.07) is 7.62. The number of nitrogens with zero attached hydrogens (tertiary/aromatic N) is 1. The predicted octanol–water partition coefficient (Wildman–Crippen LogP) is 3.50. The van der Waals surface area contributed by atoms with Gasteiger partial charge < -0.3 is 19.1 Å². The zero-order valence-corrected chi connectivity index (χ0v) is 14.1. The fraction of sp³-hybridized carbons (Fsp3) is 0.562. The van der Waals surface area contributed by atoms with Crippen molar-refractivity contribution in [2.75, 3.05) is 26.8 Å². The minimum Gasteiger partial charge on any atom is -0.491 e. The number of benzene rings is 1. The van der Waals surface area contributed by atoms with Crippen LogP contribution < -0.4 is 9.47 Å². The fourth-order valence-electron chi connectivity index (χ4n) is 1.46. The molecule has 1 aromatic carbocycles. The molecule has 21 heavy (non-hydrogen) atoms. The highest BCUT2D eigenvalue weighted by Crippen LogP contribution is 2.19. The van der Waals surface area contributed by atoms with Gasteiger partial charge in [-0.2, -0.15) is 0 Å². The lowest BCUT2D eigenvalue weighted by Crippen LogP contribution is -2.28. The molecule has 1 unspecified atom stereocenters. The molecule has 0 saturated heterocycles. The van der Waals surface area contributed by atoms with Gasteiger partial charge in [-0.05, 0) is 56.8 Å². The van der Waals surface area contributed by atoms with Crippen LogP contribution in [0.4, 0.5) is 0 Å². The second-order valence-electron chi connectivity index (χ2n) is 4.79. The maximum Gasteiger partial charge on any atom is 0.259 e. The number of rotatable bonds is 8. The van der Waals surface area contributed by atoms with Crippen LogP contribution in [0, 0.1) is 0 Å². The number of thiocarbonyl (C=S) groups is 1. The van der Waals surface area contributed by atoms with Crippen molar-refractivity contribution in [3.8, 4) is 11.5 Å². The summed E-state index contributed by atoms with van der Waals surface area (Å²) in [5.74, 6) is 1.66. The van der Waals surface area contributed by atoms with Crippen LogP contribution in [0.5, 0.6) is 11.5 Å². The third kappa shape index (κ3) is 6.67. The molecule has 4 nitrogen and oxygen atoms in total. The Morgan fingerprint density at radius 3 is 2.33 bits per heavy atom. The quantitative estimate of drug-likeness (QED) is 0.542. The van der Waals surface area contributed by atoms with E-state index in [2.05, 4.69) is 13.8 Å². The van der Waals surface area contributed by atoms with E-state index in [9.17, 15) is 0 Å². The Labute approximate surface area is 133 Å². The smallest absolute Gasteiger partial charge is 0.259 e. The zero-order chi connectivity index (χ0) is 15.7. The highest BCUT2D eigenvalue weighted by molar-refractivity contribution is 7.80. The Hall–Kier alpha value is -1.49. The van der Waals surface area contributed by atoms with Crippen LogP contribution >= 0.6 is 12.2 Å². The van der Waals surface area contributed by atoms with E-state index in [0.29, 0.717) is 18.4 Å². The molecular formula is C16H25NO3S. The molecule has 0 aromatic heterocycles. The zero-order valence-electron chi connectivity index (χ0n) is 13.3. The van der Waals surface area contributed by atoms with Crippen molar-refractivity contribution in [2.45, 2.75) is 33.3 Å². The maximum absolute atomic E-state index is 5.71. The van der Waals surface area contributed by atoms with Crippen LogP contribution in [0.2, 0.25) is 0 Å². The van der Waals surface area contributed by atoms with Crippen LogP contribution in [0.25, 0.3) is 0 Å².